The Morgan fingerprint density at radius 1 is 1.00 bits per heavy atom. The zero-order chi connectivity index (χ0) is 21.5. The number of rotatable bonds is 4. The van der Waals surface area contributed by atoms with Crippen molar-refractivity contribution in [1.82, 2.24) is 4.90 Å². The maximum Gasteiger partial charge on any atom is 0.416 e. The largest absolute Gasteiger partial charge is 0.416 e. The van der Waals surface area contributed by atoms with Gasteiger partial charge in [0.2, 0.25) is 17.7 Å². The van der Waals surface area contributed by atoms with Crippen LogP contribution in [0.1, 0.15) is 44.1 Å². The molecule has 3 fully saturated rings. The molecule has 2 unspecified atom stereocenters. The maximum absolute atomic E-state index is 13.2. The molecule has 1 aliphatic carbocycles. The Bertz CT molecular complexity index is 841. The molecule has 0 bridgehead atoms. The summed E-state index contributed by atoms with van der Waals surface area (Å²) in [4.78, 5) is 40.7. The number of imide groups is 1. The minimum Gasteiger partial charge on any atom is -0.370 e. The summed E-state index contributed by atoms with van der Waals surface area (Å²) in [5, 5.41) is 2.52. The molecule has 1 aromatic carbocycles. The molecule has 0 radical (unpaired) electrons. The highest BCUT2D eigenvalue weighted by Gasteiger charge is 2.48. The number of hydrogen-bond donors (Lipinski definition) is 1. The lowest BCUT2D eigenvalue weighted by Crippen LogP contribution is -2.38. The second-order valence-electron chi connectivity index (χ2n) is 8.23. The molecule has 1 saturated carbocycles. The van der Waals surface area contributed by atoms with Crippen molar-refractivity contribution in [3.8, 4) is 0 Å². The van der Waals surface area contributed by atoms with Gasteiger partial charge in [0, 0.05) is 13.1 Å². The fraction of sp³-hybridized carbons (Fsp3) is 0.571. The van der Waals surface area contributed by atoms with E-state index >= 15 is 0 Å². The molecule has 2 atom stereocenters. The topological polar surface area (TPSA) is 69.7 Å². The summed E-state index contributed by atoms with van der Waals surface area (Å²) >= 11 is 0. The second kappa shape index (κ2) is 7.92. The molecule has 1 aromatic rings. The number of halogens is 3. The van der Waals surface area contributed by atoms with Crippen molar-refractivity contribution in [2.45, 2.75) is 44.7 Å². The minimum atomic E-state index is -4.54. The van der Waals surface area contributed by atoms with E-state index in [4.69, 9.17) is 0 Å². The van der Waals surface area contributed by atoms with Gasteiger partial charge in [-0.3, -0.25) is 19.3 Å². The predicted molar refractivity (Wildman–Crippen MR) is 104 cm³/mol. The van der Waals surface area contributed by atoms with Crippen LogP contribution in [-0.4, -0.2) is 42.3 Å². The van der Waals surface area contributed by atoms with E-state index in [1.54, 1.807) is 0 Å². The van der Waals surface area contributed by atoms with Gasteiger partial charge in [0.1, 0.15) is 6.54 Å². The standard InChI is InChI=1S/C21H24F3N3O3/c22-21(23,24)13-7-8-17(26-9-3-4-10-26)16(11-13)25-18(28)12-27-19(29)14-5-1-2-6-15(14)20(27)30/h7-8,11,14-15H,1-6,9-10,12H2,(H,25,28). The normalized spacial score (nSPS) is 24.4. The van der Waals surface area contributed by atoms with Crippen LogP contribution in [0, 0.1) is 11.8 Å². The molecule has 1 N–H and O–H groups in total. The highest BCUT2D eigenvalue weighted by molar-refractivity contribution is 6.09. The molecular weight excluding hydrogens is 399 g/mol. The Kier molecular flexibility index (Phi) is 5.46. The summed E-state index contributed by atoms with van der Waals surface area (Å²) in [6.45, 7) is 0.918. The number of likely N-dealkylation sites (tertiary alicyclic amines) is 1. The molecule has 2 saturated heterocycles. The zero-order valence-corrected chi connectivity index (χ0v) is 16.5. The van der Waals surface area contributed by atoms with Gasteiger partial charge in [-0.05, 0) is 43.9 Å². The summed E-state index contributed by atoms with van der Waals surface area (Å²) in [7, 11) is 0. The SMILES string of the molecule is O=C(CN1C(=O)C2CCCCC2C1=O)Nc1cc(C(F)(F)F)ccc1N1CCCC1. The van der Waals surface area contributed by atoms with Crippen molar-refractivity contribution in [3.05, 3.63) is 23.8 Å². The first-order chi connectivity index (χ1) is 14.3. The van der Waals surface area contributed by atoms with E-state index < -0.39 is 24.2 Å². The first-order valence-corrected chi connectivity index (χ1v) is 10.4. The number of carbonyl (C=O) groups excluding carboxylic acids is 3. The van der Waals surface area contributed by atoms with Gasteiger partial charge in [-0.25, -0.2) is 0 Å². The summed E-state index contributed by atoms with van der Waals surface area (Å²) in [5.74, 6) is -2.09. The monoisotopic (exact) mass is 423 g/mol. The van der Waals surface area contributed by atoms with Crippen molar-refractivity contribution < 1.29 is 27.6 Å². The fourth-order valence-electron chi connectivity index (χ4n) is 4.77. The van der Waals surface area contributed by atoms with Crippen LogP contribution in [0.3, 0.4) is 0 Å². The fourth-order valence-corrected chi connectivity index (χ4v) is 4.77. The average Bonchev–Trinajstić information content (AvgIpc) is 3.31. The van der Waals surface area contributed by atoms with E-state index in [0.29, 0.717) is 31.6 Å². The van der Waals surface area contributed by atoms with Crippen LogP contribution < -0.4 is 10.2 Å². The molecule has 0 spiro atoms. The lowest BCUT2D eigenvalue weighted by Gasteiger charge is -2.23. The molecule has 3 aliphatic rings. The van der Waals surface area contributed by atoms with Gasteiger partial charge in [-0.1, -0.05) is 12.8 Å². The smallest absolute Gasteiger partial charge is 0.370 e. The van der Waals surface area contributed by atoms with Crippen LogP contribution in [0.4, 0.5) is 24.5 Å². The minimum absolute atomic E-state index is 0.0493. The third-order valence-electron chi connectivity index (χ3n) is 6.28. The van der Waals surface area contributed by atoms with Crippen molar-refractivity contribution in [1.29, 1.82) is 0 Å². The van der Waals surface area contributed by atoms with Gasteiger partial charge in [-0.15, -0.1) is 0 Å². The zero-order valence-electron chi connectivity index (χ0n) is 16.5. The number of anilines is 2. The van der Waals surface area contributed by atoms with Crippen LogP contribution in [-0.2, 0) is 20.6 Å². The molecule has 2 aliphatic heterocycles. The molecule has 0 aromatic heterocycles. The number of carbonyl (C=O) groups is 3. The van der Waals surface area contributed by atoms with E-state index in [0.717, 1.165) is 42.7 Å². The Hall–Kier alpha value is -2.58. The van der Waals surface area contributed by atoms with Gasteiger partial charge >= 0.3 is 6.18 Å². The van der Waals surface area contributed by atoms with Gasteiger partial charge in [-0.2, -0.15) is 13.2 Å². The molecule has 162 valence electrons. The number of nitrogens with one attached hydrogen (secondary N) is 1. The van der Waals surface area contributed by atoms with Crippen LogP contribution in [0.15, 0.2) is 18.2 Å². The first-order valence-electron chi connectivity index (χ1n) is 10.4. The quantitative estimate of drug-likeness (QED) is 0.754. The third kappa shape index (κ3) is 3.89. The lowest BCUT2D eigenvalue weighted by molar-refractivity contribution is -0.142. The van der Waals surface area contributed by atoms with Crippen molar-refractivity contribution in [2.24, 2.45) is 11.8 Å². The van der Waals surface area contributed by atoms with E-state index in [1.165, 1.54) is 6.07 Å². The summed E-state index contributed by atoms with van der Waals surface area (Å²) < 4.78 is 39.6. The summed E-state index contributed by atoms with van der Waals surface area (Å²) in [5.41, 5.74) is -0.296. The Morgan fingerprint density at radius 3 is 2.17 bits per heavy atom. The number of benzene rings is 1. The lowest BCUT2D eigenvalue weighted by atomic mass is 9.81. The molecule has 2 heterocycles. The highest BCUT2D eigenvalue weighted by Crippen LogP contribution is 2.39. The third-order valence-corrected chi connectivity index (χ3v) is 6.28. The van der Waals surface area contributed by atoms with Crippen molar-refractivity contribution >= 4 is 29.1 Å². The first kappa shape index (κ1) is 20.7. The molecule has 4 rings (SSSR count). The average molecular weight is 423 g/mol. The number of amides is 3. The Labute approximate surface area is 172 Å². The number of fused-ring (bicyclic) bond motifs is 1. The number of alkyl halides is 3. The maximum atomic E-state index is 13.2. The number of nitrogens with zero attached hydrogens (tertiary/aromatic N) is 2. The summed E-state index contributed by atoms with van der Waals surface area (Å²) in [6, 6.07) is 3.28. The van der Waals surface area contributed by atoms with Crippen molar-refractivity contribution in [3.63, 3.8) is 0 Å². The van der Waals surface area contributed by atoms with E-state index in [1.807, 2.05) is 4.90 Å². The van der Waals surface area contributed by atoms with E-state index in [2.05, 4.69) is 5.32 Å². The van der Waals surface area contributed by atoms with E-state index in [9.17, 15) is 27.6 Å². The van der Waals surface area contributed by atoms with Gasteiger partial charge in [0.25, 0.3) is 0 Å². The molecule has 3 amide bonds. The summed E-state index contributed by atoms with van der Waals surface area (Å²) in [6.07, 6.45) is 0.342. The Balaban J connectivity index is 1.53. The second-order valence-corrected chi connectivity index (χ2v) is 8.23. The van der Waals surface area contributed by atoms with Crippen molar-refractivity contribution in [2.75, 3.05) is 29.9 Å². The number of hydrogen-bond acceptors (Lipinski definition) is 4. The van der Waals surface area contributed by atoms with Crippen LogP contribution in [0.2, 0.25) is 0 Å². The van der Waals surface area contributed by atoms with Crippen LogP contribution >= 0.6 is 0 Å². The molecule has 6 nitrogen and oxygen atoms in total. The van der Waals surface area contributed by atoms with Gasteiger partial charge in [0.05, 0.1) is 28.8 Å². The van der Waals surface area contributed by atoms with Crippen LogP contribution in [0.25, 0.3) is 0 Å². The van der Waals surface area contributed by atoms with E-state index in [-0.39, 0.29) is 29.3 Å². The highest BCUT2D eigenvalue weighted by atomic mass is 19.4. The van der Waals surface area contributed by atoms with Gasteiger partial charge in [0.15, 0.2) is 0 Å². The molecule has 9 heteroatoms. The van der Waals surface area contributed by atoms with Crippen LogP contribution in [0.5, 0.6) is 0 Å². The Morgan fingerprint density at radius 2 is 1.60 bits per heavy atom. The molecule has 30 heavy (non-hydrogen) atoms. The predicted octanol–water partition coefficient (Wildman–Crippen LogP) is 3.42. The van der Waals surface area contributed by atoms with Gasteiger partial charge < -0.3 is 10.2 Å². The molecular formula is C21H24F3N3O3.